The summed E-state index contributed by atoms with van der Waals surface area (Å²) in [5, 5.41) is 17.9. The number of aromatic carboxylic acids is 1. The summed E-state index contributed by atoms with van der Waals surface area (Å²) < 4.78 is 0. The highest BCUT2D eigenvalue weighted by Crippen LogP contribution is 2.23. The number of nitriles is 1. The molecule has 0 fully saturated rings. The van der Waals surface area contributed by atoms with E-state index in [0.29, 0.717) is 16.7 Å². The standard InChI is InChI=1S/C13H8N2O2/c14-7-9-2-1-3-10(6-9)12-8-15-5-4-11(12)13(16)17/h1-6,8H,(H,16,17). The first-order chi connectivity index (χ1) is 8.22. The molecule has 1 aromatic heterocycles. The van der Waals surface area contributed by atoms with Crippen LogP contribution in [0.3, 0.4) is 0 Å². The van der Waals surface area contributed by atoms with Gasteiger partial charge in [-0.15, -0.1) is 0 Å². The van der Waals surface area contributed by atoms with Crippen molar-refractivity contribution in [1.29, 1.82) is 5.26 Å². The van der Waals surface area contributed by atoms with Crippen molar-refractivity contribution < 1.29 is 9.90 Å². The fourth-order valence-electron chi connectivity index (χ4n) is 1.57. The molecule has 2 rings (SSSR count). The van der Waals surface area contributed by atoms with Gasteiger partial charge in [0.2, 0.25) is 0 Å². The summed E-state index contributed by atoms with van der Waals surface area (Å²) in [7, 11) is 0. The highest BCUT2D eigenvalue weighted by Gasteiger charge is 2.11. The molecular formula is C13H8N2O2. The van der Waals surface area contributed by atoms with Gasteiger partial charge in [0.25, 0.3) is 0 Å². The molecule has 0 amide bonds. The third kappa shape index (κ3) is 2.13. The van der Waals surface area contributed by atoms with Crippen LogP contribution in [0.4, 0.5) is 0 Å². The van der Waals surface area contributed by atoms with Gasteiger partial charge in [-0.25, -0.2) is 4.79 Å². The van der Waals surface area contributed by atoms with E-state index in [0.717, 1.165) is 0 Å². The predicted octanol–water partition coefficient (Wildman–Crippen LogP) is 2.32. The van der Waals surface area contributed by atoms with E-state index in [1.54, 1.807) is 24.3 Å². The molecule has 0 atom stereocenters. The van der Waals surface area contributed by atoms with E-state index in [-0.39, 0.29) is 5.56 Å². The molecule has 82 valence electrons. The molecule has 0 bridgehead atoms. The Kier molecular flexibility index (Phi) is 2.84. The first-order valence-electron chi connectivity index (χ1n) is 4.90. The summed E-state index contributed by atoms with van der Waals surface area (Å²) in [6, 6.07) is 10.2. The lowest BCUT2D eigenvalue weighted by Crippen LogP contribution is -1.99. The van der Waals surface area contributed by atoms with Crippen LogP contribution >= 0.6 is 0 Å². The first kappa shape index (κ1) is 10.8. The minimum Gasteiger partial charge on any atom is -0.478 e. The molecule has 0 saturated carbocycles. The molecule has 1 heterocycles. The van der Waals surface area contributed by atoms with Crippen LogP contribution in [-0.2, 0) is 0 Å². The van der Waals surface area contributed by atoms with Crippen LogP contribution < -0.4 is 0 Å². The summed E-state index contributed by atoms with van der Waals surface area (Å²) in [4.78, 5) is 15.0. The molecule has 0 spiro atoms. The number of carboxylic acids is 1. The van der Waals surface area contributed by atoms with Gasteiger partial charge in [0.15, 0.2) is 0 Å². The Hall–Kier alpha value is -2.67. The minimum atomic E-state index is -1.01. The number of benzene rings is 1. The Bertz CT molecular complexity index is 615. The summed E-state index contributed by atoms with van der Waals surface area (Å²) in [5.74, 6) is -1.01. The van der Waals surface area contributed by atoms with Crippen molar-refractivity contribution in [3.63, 3.8) is 0 Å². The monoisotopic (exact) mass is 224 g/mol. The van der Waals surface area contributed by atoms with E-state index >= 15 is 0 Å². The van der Waals surface area contributed by atoms with E-state index in [1.807, 2.05) is 6.07 Å². The van der Waals surface area contributed by atoms with Gasteiger partial charge in [-0.3, -0.25) is 4.98 Å². The van der Waals surface area contributed by atoms with Gasteiger partial charge in [-0.05, 0) is 23.8 Å². The number of carbonyl (C=O) groups is 1. The van der Waals surface area contributed by atoms with E-state index in [9.17, 15) is 4.79 Å². The molecule has 0 saturated heterocycles. The number of carboxylic acid groups (broad SMARTS) is 1. The maximum absolute atomic E-state index is 11.1. The summed E-state index contributed by atoms with van der Waals surface area (Å²) in [5.41, 5.74) is 1.85. The minimum absolute atomic E-state index is 0.176. The third-order valence-electron chi connectivity index (χ3n) is 2.35. The fraction of sp³-hybridized carbons (Fsp3) is 0. The zero-order valence-corrected chi connectivity index (χ0v) is 8.79. The Morgan fingerprint density at radius 1 is 1.35 bits per heavy atom. The van der Waals surface area contributed by atoms with Crippen molar-refractivity contribution in [1.82, 2.24) is 4.98 Å². The van der Waals surface area contributed by atoms with Gasteiger partial charge >= 0.3 is 5.97 Å². The highest BCUT2D eigenvalue weighted by atomic mass is 16.4. The molecule has 4 heteroatoms. The molecule has 1 N–H and O–H groups in total. The summed E-state index contributed by atoms with van der Waals surface area (Å²) >= 11 is 0. The van der Waals surface area contributed by atoms with Crippen molar-refractivity contribution in [2.24, 2.45) is 0 Å². The largest absolute Gasteiger partial charge is 0.478 e. The Morgan fingerprint density at radius 3 is 2.88 bits per heavy atom. The number of hydrogen-bond acceptors (Lipinski definition) is 3. The molecule has 1 aromatic carbocycles. The molecule has 0 aliphatic carbocycles. The van der Waals surface area contributed by atoms with Crippen molar-refractivity contribution >= 4 is 5.97 Å². The first-order valence-corrected chi connectivity index (χ1v) is 4.90. The highest BCUT2D eigenvalue weighted by molar-refractivity contribution is 5.95. The quantitative estimate of drug-likeness (QED) is 0.849. The number of rotatable bonds is 2. The molecule has 2 aromatic rings. The Balaban J connectivity index is 2.61. The SMILES string of the molecule is N#Cc1cccc(-c2cnccc2C(=O)O)c1. The Labute approximate surface area is 97.8 Å². The van der Waals surface area contributed by atoms with Crippen LogP contribution in [0.2, 0.25) is 0 Å². The second-order valence-electron chi connectivity index (χ2n) is 3.42. The van der Waals surface area contributed by atoms with Gasteiger partial charge < -0.3 is 5.11 Å². The second kappa shape index (κ2) is 4.45. The molecule has 0 unspecified atom stereocenters. The number of aromatic nitrogens is 1. The summed E-state index contributed by atoms with van der Waals surface area (Å²) in [6.07, 6.45) is 2.92. The smallest absolute Gasteiger partial charge is 0.336 e. The van der Waals surface area contributed by atoms with Gasteiger partial charge in [0.05, 0.1) is 17.2 Å². The van der Waals surface area contributed by atoms with Crippen LogP contribution in [0.25, 0.3) is 11.1 Å². The average Bonchev–Trinajstić information content (AvgIpc) is 2.39. The molecule has 17 heavy (non-hydrogen) atoms. The fourth-order valence-corrected chi connectivity index (χ4v) is 1.57. The van der Waals surface area contributed by atoms with Crippen molar-refractivity contribution in [3.8, 4) is 17.2 Å². The number of nitrogens with zero attached hydrogens (tertiary/aromatic N) is 2. The number of hydrogen-bond donors (Lipinski definition) is 1. The topological polar surface area (TPSA) is 74.0 Å². The van der Waals surface area contributed by atoms with E-state index in [4.69, 9.17) is 10.4 Å². The molecule has 0 aliphatic rings. The van der Waals surface area contributed by atoms with E-state index in [2.05, 4.69) is 4.98 Å². The van der Waals surface area contributed by atoms with Gasteiger partial charge in [0, 0.05) is 18.0 Å². The molecule has 0 aliphatic heterocycles. The van der Waals surface area contributed by atoms with Crippen LogP contribution in [0, 0.1) is 11.3 Å². The summed E-state index contributed by atoms with van der Waals surface area (Å²) in [6.45, 7) is 0. The maximum Gasteiger partial charge on any atom is 0.336 e. The van der Waals surface area contributed by atoms with Gasteiger partial charge in [0.1, 0.15) is 0 Å². The molecule has 0 radical (unpaired) electrons. The lowest BCUT2D eigenvalue weighted by Gasteiger charge is -2.05. The van der Waals surface area contributed by atoms with E-state index in [1.165, 1.54) is 18.5 Å². The van der Waals surface area contributed by atoms with Crippen LogP contribution in [0.15, 0.2) is 42.7 Å². The third-order valence-corrected chi connectivity index (χ3v) is 2.35. The lowest BCUT2D eigenvalue weighted by atomic mass is 10.0. The zero-order chi connectivity index (χ0) is 12.3. The molecular weight excluding hydrogens is 216 g/mol. The van der Waals surface area contributed by atoms with Crippen molar-refractivity contribution in [2.45, 2.75) is 0 Å². The predicted molar refractivity (Wildman–Crippen MR) is 61.3 cm³/mol. The van der Waals surface area contributed by atoms with Gasteiger partial charge in [-0.2, -0.15) is 5.26 Å². The molecule has 4 nitrogen and oxygen atoms in total. The average molecular weight is 224 g/mol. The zero-order valence-electron chi connectivity index (χ0n) is 8.79. The van der Waals surface area contributed by atoms with E-state index < -0.39 is 5.97 Å². The van der Waals surface area contributed by atoms with Crippen molar-refractivity contribution in [3.05, 3.63) is 53.9 Å². The lowest BCUT2D eigenvalue weighted by molar-refractivity contribution is 0.0697. The second-order valence-corrected chi connectivity index (χ2v) is 3.42. The van der Waals surface area contributed by atoms with Crippen LogP contribution in [0.1, 0.15) is 15.9 Å². The van der Waals surface area contributed by atoms with Crippen LogP contribution in [-0.4, -0.2) is 16.1 Å². The Morgan fingerprint density at radius 2 is 2.18 bits per heavy atom. The van der Waals surface area contributed by atoms with Crippen molar-refractivity contribution in [2.75, 3.05) is 0 Å². The maximum atomic E-state index is 11.1. The van der Waals surface area contributed by atoms with Crippen LogP contribution in [0.5, 0.6) is 0 Å². The number of pyridine rings is 1. The normalized spacial score (nSPS) is 9.59. The van der Waals surface area contributed by atoms with Gasteiger partial charge in [-0.1, -0.05) is 12.1 Å².